The first-order chi connectivity index (χ1) is 6.37. The Hall–Kier alpha value is -1.02. The molecule has 0 heterocycles. The van der Waals surface area contributed by atoms with Gasteiger partial charge in [-0.05, 0) is 5.92 Å². The summed E-state index contributed by atoms with van der Waals surface area (Å²) in [5.41, 5.74) is 0. The highest BCUT2D eigenvalue weighted by Crippen LogP contribution is 1.96. The summed E-state index contributed by atoms with van der Waals surface area (Å²) in [7, 11) is -3.49. The first kappa shape index (κ1) is 13.0. The molecule has 0 aliphatic rings. The van der Waals surface area contributed by atoms with E-state index in [0.717, 1.165) is 0 Å². The summed E-state index contributed by atoms with van der Waals surface area (Å²) in [6.45, 7) is 3.96. The number of hydrogen-bond acceptors (Lipinski definition) is 4. The van der Waals surface area contributed by atoms with Crippen LogP contribution in [0.2, 0.25) is 0 Å². The number of sulfone groups is 1. The standard InChI is InChI=1S/C9H14O4S/c1-4-5-14(11,12)7-9(10)13-6-8(2)3/h1,8H,5-7H2,2-3H3. The second kappa shape index (κ2) is 5.66. The largest absolute Gasteiger partial charge is 0.465 e. The zero-order valence-corrected chi connectivity index (χ0v) is 9.13. The molecule has 80 valence electrons. The fourth-order valence-electron chi connectivity index (χ4n) is 0.659. The summed E-state index contributed by atoms with van der Waals surface area (Å²) in [5, 5.41) is 0. The number of ether oxygens (including phenoxy) is 1. The van der Waals surface area contributed by atoms with Crippen LogP contribution in [0.25, 0.3) is 0 Å². The van der Waals surface area contributed by atoms with Gasteiger partial charge in [0.1, 0.15) is 11.5 Å². The van der Waals surface area contributed by atoms with Gasteiger partial charge in [0.25, 0.3) is 0 Å². The third-order valence-electron chi connectivity index (χ3n) is 1.22. The zero-order chi connectivity index (χ0) is 11.2. The van der Waals surface area contributed by atoms with Gasteiger partial charge < -0.3 is 4.74 Å². The number of terminal acetylenes is 1. The Morgan fingerprint density at radius 1 is 1.50 bits per heavy atom. The van der Waals surface area contributed by atoms with E-state index >= 15 is 0 Å². The molecular formula is C9H14O4S. The van der Waals surface area contributed by atoms with Crippen molar-refractivity contribution in [2.75, 3.05) is 18.1 Å². The third-order valence-corrected chi connectivity index (χ3v) is 2.50. The Kier molecular flexibility index (Phi) is 5.24. The molecule has 0 aromatic heterocycles. The number of hydrogen-bond donors (Lipinski definition) is 0. The second-order valence-corrected chi connectivity index (χ2v) is 5.38. The Bertz CT molecular complexity index is 321. The Balaban J connectivity index is 4.02. The molecule has 5 heteroatoms. The first-order valence-electron chi connectivity index (χ1n) is 4.17. The maximum atomic E-state index is 11.0. The van der Waals surface area contributed by atoms with Crippen LogP contribution in [-0.2, 0) is 19.4 Å². The van der Waals surface area contributed by atoms with Crippen LogP contribution >= 0.6 is 0 Å². The van der Waals surface area contributed by atoms with Crippen molar-refractivity contribution in [2.24, 2.45) is 5.92 Å². The van der Waals surface area contributed by atoms with Crippen molar-refractivity contribution in [2.45, 2.75) is 13.8 Å². The quantitative estimate of drug-likeness (QED) is 0.489. The van der Waals surface area contributed by atoms with E-state index < -0.39 is 27.3 Å². The molecule has 0 amide bonds. The molecule has 0 fully saturated rings. The molecule has 0 rings (SSSR count). The normalized spacial score (nSPS) is 11.0. The molecule has 0 aromatic rings. The molecule has 14 heavy (non-hydrogen) atoms. The van der Waals surface area contributed by atoms with Gasteiger partial charge in [-0.1, -0.05) is 19.8 Å². The van der Waals surface area contributed by atoms with Crippen LogP contribution in [0.1, 0.15) is 13.8 Å². The Labute approximate surface area is 84.6 Å². The van der Waals surface area contributed by atoms with Crippen LogP contribution in [0, 0.1) is 18.3 Å². The van der Waals surface area contributed by atoms with Gasteiger partial charge in [-0.2, -0.15) is 0 Å². The SMILES string of the molecule is C#CCS(=O)(=O)CC(=O)OCC(C)C. The molecule has 0 aliphatic heterocycles. The van der Waals surface area contributed by atoms with E-state index in [1.54, 1.807) is 0 Å². The van der Waals surface area contributed by atoms with Gasteiger partial charge in [0, 0.05) is 0 Å². The van der Waals surface area contributed by atoms with E-state index in [1.807, 2.05) is 19.8 Å². The average Bonchev–Trinajstić information content (AvgIpc) is 1.99. The zero-order valence-electron chi connectivity index (χ0n) is 8.32. The van der Waals surface area contributed by atoms with Gasteiger partial charge in [0.05, 0.1) is 6.61 Å². The predicted molar refractivity (Wildman–Crippen MR) is 53.3 cm³/mol. The van der Waals surface area contributed by atoms with Crippen LogP contribution in [-0.4, -0.2) is 32.5 Å². The molecule has 0 radical (unpaired) electrons. The molecule has 0 saturated carbocycles. The minimum absolute atomic E-state index is 0.189. The minimum Gasteiger partial charge on any atom is -0.465 e. The minimum atomic E-state index is -3.49. The van der Waals surface area contributed by atoms with E-state index in [-0.39, 0.29) is 12.5 Å². The molecular weight excluding hydrogens is 204 g/mol. The van der Waals surface area contributed by atoms with Crippen LogP contribution in [0.4, 0.5) is 0 Å². The van der Waals surface area contributed by atoms with Crippen LogP contribution in [0.3, 0.4) is 0 Å². The number of esters is 1. The highest BCUT2D eigenvalue weighted by molar-refractivity contribution is 7.92. The lowest BCUT2D eigenvalue weighted by Crippen LogP contribution is -2.21. The number of carbonyl (C=O) groups excluding carboxylic acids is 1. The lowest BCUT2D eigenvalue weighted by molar-refractivity contribution is -0.141. The van der Waals surface area contributed by atoms with Crippen molar-refractivity contribution in [1.82, 2.24) is 0 Å². The van der Waals surface area contributed by atoms with Crippen molar-refractivity contribution in [1.29, 1.82) is 0 Å². The predicted octanol–water partition coefficient (Wildman–Crippen LogP) is 0.234. The highest BCUT2D eigenvalue weighted by atomic mass is 32.2. The van der Waals surface area contributed by atoms with Crippen molar-refractivity contribution in [3.8, 4) is 12.3 Å². The van der Waals surface area contributed by atoms with Crippen molar-refractivity contribution >= 4 is 15.8 Å². The molecule has 4 nitrogen and oxygen atoms in total. The van der Waals surface area contributed by atoms with Gasteiger partial charge >= 0.3 is 5.97 Å². The fraction of sp³-hybridized carbons (Fsp3) is 0.667. The maximum absolute atomic E-state index is 11.0. The van der Waals surface area contributed by atoms with Crippen molar-refractivity contribution in [3.05, 3.63) is 0 Å². The summed E-state index contributed by atoms with van der Waals surface area (Å²) in [4.78, 5) is 11.0. The first-order valence-corrected chi connectivity index (χ1v) is 5.99. The maximum Gasteiger partial charge on any atom is 0.321 e. The number of carbonyl (C=O) groups is 1. The van der Waals surface area contributed by atoms with E-state index in [2.05, 4.69) is 0 Å². The molecule has 0 aliphatic carbocycles. The Morgan fingerprint density at radius 2 is 2.07 bits per heavy atom. The smallest absolute Gasteiger partial charge is 0.321 e. The molecule has 0 saturated heterocycles. The number of rotatable bonds is 5. The molecule has 0 unspecified atom stereocenters. The van der Waals surface area contributed by atoms with E-state index in [9.17, 15) is 13.2 Å². The molecule has 0 N–H and O–H groups in total. The summed E-state index contributed by atoms with van der Waals surface area (Å²) in [6, 6.07) is 0. The van der Waals surface area contributed by atoms with Gasteiger partial charge in [0.15, 0.2) is 9.84 Å². The lowest BCUT2D eigenvalue weighted by Gasteiger charge is -2.06. The second-order valence-electron chi connectivity index (χ2n) is 3.31. The molecule has 0 spiro atoms. The highest BCUT2D eigenvalue weighted by Gasteiger charge is 2.16. The third kappa shape index (κ3) is 6.49. The van der Waals surface area contributed by atoms with Gasteiger partial charge in [-0.25, -0.2) is 8.42 Å². The topological polar surface area (TPSA) is 60.4 Å². The summed E-state index contributed by atoms with van der Waals surface area (Å²) in [6.07, 6.45) is 4.83. The van der Waals surface area contributed by atoms with Crippen LogP contribution in [0.5, 0.6) is 0 Å². The van der Waals surface area contributed by atoms with Crippen molar-refractivity contribution in [3.63, 3.8) is 0 Å². The lowest BCUT2D eigenvalue weighted by atomic mass is 10.2. The molecule has 0 bridgehead atoms. The van der Waals surface area contributed by atoms with E-state index in [1.165, 1.54) is 0 Å². The Morgan fingerprint density at radius 3 is 2.50 bits per heavy atom. The average molecular weight is 218 g/mol. The van der Waals surface area contributed by atoms with E-state index in [4.69, 9.17) is 11.2 Å². The van der Waals surface area contributed by atoms with Crippen LogP contribution in [0.15, 0.2) is 0 Å². The summed E-state index contributed by atoms with van der Waals surface area (Å²) < 4.78 is 26.8. The van der Waals surface area contributed by atoms with Gasteiger partial charge in [-0.15, -0.1) is 6.42 Å². The fourth-order valence-corrected chi connectivity index (χ4v) is 1.46. The van der Waals surface area contributed by atoms with Gasteiger partial charge in [-0.3, -0.25) is 4.79 Å². The molecule has 0 aromatic carbocycles. The van der Waals surface area contributed by atoms with Crippen molar-refractivity contribution < 1.29 is 17.9 Å². The summed E-state index contributed by atoms with van der Waals surface area (Å²) >= 11 is 0. The molecule has 0 atom stereocenters. The monoisotopic (exact) mass is 218 g/mol. The van der Waals surface area contributed by atoms with E-state index in [0.29, 0.717) is 0 Å². The summed E-state index contributed by atoms with van der Waals surface area (Å²) in [5.74, 6) is 0.368. The van der Waals surface area contributed by atoms with Gasteiger partial charge in [0.2, 0.25) is 0 Å². The van der Waals surface area contributed by atoms with Crippen LogP contribution < -0.4 is 0 Å².